The van der Waals surface area contributed by atoms with Crippen LogP contribution < -0.4 is 0 Å². The van der Waals surface area contributed by atoms with Gasteiger partial charge in [0.1, 0.15) is 6.42 Å². The van der Waals surface area contributed by atoms with Crippen LogP contribution in [0.1, 0.15) is 20.3 Å². The van der Waals surface area contributed by atoms with Gasteiger partial charge in [-0.2, -0.15) is 0 Å². The van der Waals surface area contributed by atoms with Crippen LogP contribution in [0.4, 0.5) is 0 Å². The number of carbonyl (C=O) groups excluding carboxylic acids is 2. The topological polar surface area (TPSA) is 52.6 Å². The molecule has 0 unspecified atom stereocenters. The maximum Gasteiger partial charge on any atom is 0.317 e. The predicted octanol–water partition coefficient (Wildman–Crippen LogP) is 0.500. The zero-order valence-corrected chi connectivity index (χ0v) is 9.71. The van der Waals surface area contributed by atoms with Gasteiger partial charge in [-0.05, 0) is 13.8 Å². The van der Waals surface area contributed by atoms with E-state index in [2.05, 4.69) is 9.47 Å². The summed E-state index contributed by atoms with van der Waals surface area (Å²) >= 11 is 0. The van der Waals surface area contributed by atoms with E-state index < -0.39 is 11.9 Å². The maximum absolute atomic E-state index is 10.6. The smallest absolute Gasteiger partial charge is 0.317 e. The molecule has 0 bridgehead atoms. The number of rotatable bonds is 4. The van der Waals surface area contributed by atoms with Gasteiger partial charge < -0.3 is 9.47 Å². The van der Waals surface area contributed by atoms with Gasteiger partial charge in [0.2, 0.25) is 0 Å². The second-order valence-corrected chi connectivity index (χ2v) is 1.79. The molecule has 0 spiro atoms. The Kier molecular flexibility index (Phi) is 10.7. The van der Waals surface area contributed by atoms with E-state index in [0.29, 0.717) is 0 Å². The third-order valence-electron chi connectivity index (χ3n) is 0.899. The molecule has 0 saturated heterocycles. The third kappa shape index (κ3) is 7.92. The molecule has 0 aliphatic rings. The molecule has 0 saturated carbocycles. The second-order valence-electron chi connectivity index (χ2n) is 1.79. The van der Waals surface area contributed by atoms with Crippen LogP contribution in [0.5, 0.6) is 0 Å². The molecule has 0 atom stereocenters. The van der Waals surface area contributed by atoms with Crippen LogP contribution in [0.15, 0.2) is 0 Å². The van der Waals surface area contributed by atoms with Crippen molar-refractivity contribution in [2.45, 2.75) is 20.3 Å². The number of carbonyl (C=O) groups is 2. The van der Waals surface area contributed by atoms with E-state index >= 15 is 0 Å². The molecule has 0 radical (unpaired) electrons. The molecule has 0 N–H and O–H groups in total. The second kappa shape index (κ2) is 8.92. The Hall–Kier alpha value is -0.177. The average Bonchev–Trinajstić information content (AvgIpc) is 1.87. The summed E-state index contributed by atoms with van der Waals surface area (Å²) < 4.78 is 9.04. The van der Waals surface area contributed by atoms with Crippen molar-refractivity contribution in [1.82, 2.24) is 0 Å². The first-order valence-corrected chi connectivity index (χ1v) is 3.52. The Bertz CT molecular complexity index is 130. The number of ether oxygens (including phenoxy) is 2. The van der Waals surface area contributed by atoms with Crippen molar-refractivity contribution < 1.29 is 45.3 Å². The van der Waals surface area contributed by atoms with Crippen molar-refractivity contribution in [3.63, 3.8) is 0 Å². The van der Waals surface area contributed by atoms with Gasteiger partial charge in [-0.3, -0.25) is 9.59 Å². The van der Waals surface area contributed by atoms with Gasteiger partial charge in [0.15, 0.2) is 0 Å². The van der Waals surface area contributed by atoms with E-state index in [9.17, 15) is 9.59 Å². The zero-order valence-electron chi connectivity index (χ0n) is 7.25. The first-order valence-electron chi connectivity index (χ1n) is 3.52. The Morgan fingerprint density at radius 2 is 1.33 bits per heavy atom. The molecule has 0 fully saturated rings. The molecule has 0 amide bonds. The van der Waals surface area contributed by atoms with E-state index in [1.54, 1.807) is 13.8 Å². The first kappa shape index (κ1) is 14.4. The van der Waals surface area contributed by atoms with Crippen molar-refractivity contribution in [2.75, 3.05) is 13.2 Å². The normalized spacial score (nSPS) is 8.17. The van der Waals surface area contributed by atoms with Crippen LogP contribution in [-0.2, 0) is 45.3 Å². The maximum atomic E-state index is 10.6. The van der Waals surface area contributed by atoms with Crippen molar-refractivity contribution in [2.24, 2.45) is 0 Å². The Morgan fingerprint density at radius 3 is 1.58 bits per heavy atom. The Morgan fingerprint density at radius 1 is 1.00 bits per heavy atom. The summed E-state index contributed by atoms with van der Waals surface area (Å²) in [4.78, 5) is 21.2. The quantitative estimate of drug-likeness (QED) is 0.539. The SMILES string of the molecule is CCOC(=O)CC(=O)OCC.[Zr]. The molecular weight excluding hydrogens is 239 g/mol. The van der Waals surface area contributed by atoms with Crippen molar-refractivity contribution in [3.8, 4) is 0 Å². The van der Waals surface area contributed by atoms with Crippen LogP contribution in [-0.4, -0.2) is 25.2 Å². The van der Waals surface area contributed by atoms with E-state index in [1.165, 1.54) is 0 Å². The first-order chi connectivity index (χ1) is 5.20. The van der Waals surface area contributed by atoms with E-state index in [0.717, 1.165) is 0 Å². The Balaban J connectivity index is 0. The fraction of sp³-hybridized carbons (Fsp3) is 0.714. The molecule has 4 nitrogen and oxygen atoms in total. The molecule has 68 valence electrons. The van der Waals surface area contributed by atoms with E-state index in [-0.39, 0.29) is 45.8 Å². The van der Waals surface area contributed by atoms with Crippen molar-refractivity contribution in [3.05, 3.63) is 0 Å². The monoisotopic (exact) mass is 250 g/mol. The van der Waals surface area contributed by atoms with Gasteiger partial charge >= 0.3 is 11.9 Å². The third-order valence-corrected chi connectivity index (χ3v) is 0.899. The van der Waals surface area contributed by atoms with Crippen molar-refractivity contribution >= 4 is 11.9 Å². The summed E-state index contributed by atoms with van der Waals surface area (Å²) in [6.07, 6.45) is -0.290. The largest absolute Gasteiger partial charge is 0.466 e. The van der Waals surface area contributed by atoms with Gasteiger partial charge in [-0.25, -0.2) is 0 Å². The molecule has 12 heavy (non-hydrogen) atoms. The van der Waals surface area contributed by atoms with Crippen molar-refractivity contribution in [1.29, 1.82) is 0 Å². The van der Waals surface area contributed by atoms with E-state index in [4.69, 9.17) is 0 Å². The van der Waals surface area contributed by atoms with Gasteiger partial charge in [0.05, 0.1) is 13.2 Å². The van der Waals surface area contributed by atoms with Crippen LogP contribution in [0.3, 0.4) is 0 Å². The molecule has 0 aromatic rings. The van der Waals surface area contributed by atoms with E-state index in [1.807, 2.05) is 0 Å². The van der Waals surface area contributed by atoms with Gasteiger partial charge in [-0.15, -0.1) is 0 Å². The summed E-state index contributed by atoms with van der Waals surface area (Å²) in [5.74, 6) is -1.07. The molecule has 0 aliphatic carbocycles. The molecule has 0 heterocycles. The zero-order chi connectivity index (χ0) is 8.69. The minimum absolute atomic E-state index is 0. The average molecular weight is 251 g/mol. The van der Waals surface area contributed by atoms with Gasteiger partial charge in [0.25, 0.3) is 0 Å². The molecule has 0 aromatic carbocycles. The minimum Gasteiger partial charge on any atom is -0.466 e. The summed E-state index contributed by atoms with van der Waals surface area (Å²) in [5.41, 5.74) is 0. The molecule has 0 rings (SSSR count). The molecule has 0 aliphatic heterocycles. The van der Waals surface area contributed by atoms with Gasteiger partial charge in [0, 0.05) is 26.2 Å². The number of hydrogen-bond donors (Lipinski definition) is 0. The summed E-state index contributed by atoms with van der Waals surface area (Å²) in [6.45, 7) is 3.95. The predicted molar refractivity (Wildman–Crippen MR) is 37.9 cm³/mol. The molecule has 0 aromatic heterocycles. The minimum atomic E-state index is -0.536. The Labute approximate surface area is 90.7 Å². The molecule has 5 heteroatoms. The van der Waals surface area contributed by atoms with Gasteiger partial charge in [-0.1, -0.05) is 0 Å². The van der Waals surface area contributed by atoms with Crippen LogP contribution in [0, 0.1) is 0 Å². The van der Waals surface area contributed by atoms with Crippen LogP contribution >= 0.6 is 0 Å². The fourth-order valence-corrected chi connectivity index (χ4v) is 0.542. The van der Waals surface area contributed by atoms with Crippen LogP contribution in [0.25, 0.3) is 0 Å². The number of hydrogen-bond acceptors (Lipinski definition) is 4. The fourth-order valence-electron chi connectivity index (χ4n) is 0.542. The summed E-state index contributed by atoms with van der Waals surface area (Å²) in [5, 5.41) is 0. The summed E-state index contributed by atoms with van der Waals surface area (Å²) in [6, 6.07) is 0. The standard InChI is InChI=1S/C7H12O4.Zr/c1-3-10-6(8)5-7(9)11-4-2;/h3-5H2,1-2H3;. The van der Waals surface area contributed by atoms with Crippen LogP contribution in [0.2, 0.25) is 0 Å². The number of esters is 2. The summed E-state index contributed by atoms with van der Waals surface area (Å²) in [7, 11) is 0. The molecular formula is C7H12O4Zr.